The van der Waals surface area contributed by atoms with Crippen LogP contribution in [0.1, 0.15) is 5.56 Å². The van der Waals surface area contributed by atoms with E-state index in [1.807, 2.05) is 67.0 Å². The first kappa shape index (κ1) is 12.2. The molecule has 0 aliphatic rings. The van der Waals surface area contributed by atoms with Gasteiger partial charge >= 0.3 is 0 Å². The number of nitrogens with one attached hydrogen (secondary N) is 1. The summed E-state index contributed by atoms with van der Waals surface area (Å²) < 4.78 is 2.07. The molecule has 98 valence electrons. The lowest BCUT2D eigenvalue weighted by Crippen LogP contribution is -1.92. The SMILES string of the molecule is C(=N\Nc1ccc(-n2cccc2)cc1)/c1ccccc1. The van der Waals surface area contributed by atoms with Gasteiger partial charge in [-0.2, -0.15) is 5.10 Å². The molecule has 0 saturated heterocycles. The second-order valence-corrected chi connectivity index (χ2v) is 4.42. The minimum atomic E-state index is 0.966. The van der Waals surface area contributed by atoms with Gasteiger partial charge in [-0.1, -0.05) is 30.3 Å². The molecule has 3 heteroatoms. The number of hydrazone groups is 1. The first-order valence-corrected chi connectivity index (χ1v) is 6.49. The van der Waals surface area contributed by atoms with Crippen LogP contribution in [0.5, 0.6) is 0 Å². The Morgan fingerprint density at radius 3 is 2.20 bits per heavy atom. The first-order valence-electron chi connectivity index (χ1n) is 6.49. The van der Waals surface area contributed by atoms with Crippen molar-refractivity contribution in [3.63, 3.8) is 0 Å². The maximum atomic E-state index is 4.22. The Bertz CT molecular complexity index is 668. The lowest BCUT2D eigenvalue weighted by molar-refractivity contribution is 1.08. The molecule has 1 N–H and O–H groups in total. The van der Waals surface area contributed by atoms with Gasteiger partial charge in [0.2, 0.25) is 0 Å². The summed E-state index contributed by atoms with van der Waals surface area (Å²) in [6.45, 7) is 0. The lowest BCUT2D eigenvalue weighted by Gasteiger charge is -2.04. The molecule has 0 saturated carbocycles. The molecule has 0 fully saturated rings. The van der Waals surface area contributed by atoms with Crippen molar-refractivity contribution in [1.82, 2.24) is 4.57 Å². The number of hydrogen-bond donors (Lipinski definition) is 1. The van der Waals surface area contributed by atoms with Crippen molar-refractivity contribution < 1.29 is 0 Å². The zero-order valence-electron chi connectivity index (χ0n) is 11.0. The lowest BCUT2D eigenvalue weighted by atomic mass is 10.2. The highest BCUT2D eigenvalue weighted by Gasteiger charge is 1.94. The normalized spacial score (nSPS) is 10.8. The van der Waals surface area contributed by atoms with E-state index in [9.17, 15) is 0 Å². The third kappa shape index (κ3) is 2.95. The van der Waals surface area contributed by atoms with E-state index in [0.717, 1.165) is 16.9 Å². The van der Waals surface area contributed by atoms with Crippen LogP contribution in [-0.2, 0) is 0 Å². The third-order valence-corrected chi connectivity index (χ3v) is 2.98. The van der Waals surface area contributed by atoms with Crippen molar-refractivity contribution >= 4 is 11.9 Å². The average molecular weight is 261 g/mol. The fourth-order valence-electron chi connectivity index (χ4n) is 1.94. The largest absolute Gasteiger partial charge is 0.324 e. The summed E-state index contributed by atoms with van der Waals surface area (Å²) in [5.41, 5.74) is 6.20. The van der Waals surface area contributed by atoms with Gasteiger partial charge in [0.25, 0.3) is 0 Å². The van der Waals surface area contributed by atoms with Gasteiger partial charge in [0.15, 0.2) is 0 Å². The Morgan fingerprint density at radius 2 is 1.50 bits per heavy atom. The molecule has 0 aliphatic heterocycles. The smallest absolute Gasteiger partial charge is 0.0563 e. The fourth-order valence-corrected chi connectivity index (χ4v) is 1.94. The quantitative estimate of drug-likeness (QED) is 0.559. The molecule has 0 amide bonds. The predicted molar refractivity (Wildman–Crippen MR) is 83.4 cm³/mol. The van der Waals surface area contributed by atoms with Crippen LogP contribution in [0.25, 0.3) is 5.69 Å². The molecule has 0 unspecified atom stereocenters. The summed E-state index contributed by atoms with van der Waals surface area (Å²) in [5, 5.41) is 4.22. The molecule has 0 atom stereocenters. The summed E-state index contributed by atoms with van der Waals surface area (Å²) in [4.78, 5) is 0. The van der Waals surface area contributed by atoms with E-state index < -0.39 is 0 Å². The number of hydrogen-bond acceptors (Lipinski definition) is 2. The van der Waals surface area contributed by atoms with E-state index >= 15 is 0 Å². The number of nitrogens with zero attached hydrogens (tertiary/aromatic N) is 2. The van der Waals surface area contributed by atoms with Crippen LogP contribution in [-0.4, -0.2) is 10.8 Å². The average Bonchev–Trinajstić information content (AvgIpc) is 3.03. The van der Waals surface area contributed by atoms with E-state index in [1.54, 1.807) is 6.21 Å². The first-order chi connectivity index (χ1) is 9.92. The van der Waals surface area contributed by atoms with Crippen LogP contribution in [0.2, 0.25) is 0 Å². The maximum absolute atomic E-state index is 4.22. The highest BCUT2D eigenvalue weighted by molar-refractivity contribution is 5.80. The zero-order valence-corrected chi connectivity index (χ0v) is 11.0. The Hall–Kier alpha value is -2.81. The molecule has 3 rings (SSSR count). The summed E-state index contributed by atoms with van der Waals surface area (Å²) in [6, 6.07) is 22.2. The molecule has 3 nitrogen and oxygen atoms in total. The minimum Gasteiger partial charge on any atom is -0.324 e. The van der Waals surface area contributed by atoms with Crippen LogP contribution in [0.4, 0.5) is 5.69 Å². The van der Waals surface area contributed by atoms with E-state index in [2.05, 4.69) is 27.2 Å². The van der Waals surface area contributed by atoms with E-state index in [1.165, 1.54) is 0 Å². The van der Waals surface area contributed by atoms with Gasteiger partial charge in [0, 0.05) is 18.1 Å². The van der Waals surface area contributed by atoms with Gasteiger partial charge in [-0.25, -0.2) is 0 Å². The summed E-state index contributed by atoms with van der Waals surface area (Å²) >= 11 is 0. The van der Waals surface area contributed by atoms with Crippen molar-refractivity contribution in [1.29, 1.82) is 0 Å². The molecule has 0 aliphatic carbocycles. The van der Waals surface area contributed by atoms with Gasteiger partial charge in [0.05, 0.1) is 11.9 Å². The second-order valence-electron chi connectivity index (χ2n) is 4.42. The summed E-state index contributed by atoms with van der Waals surface area (Å²) in [5.74, 6) is 0. The van der Waals surface area contributed by atoms with Crippen LogP contribution < -0.4 is 5.43 Å². The zero-order chi connectivity index (χ0) is 13.6. The number of aromatic nitrogens is 1. The monoisotopic (exact) mass is 261 g/mol. The maximum Gasteiger partial charge on any atom is 0.0563 e. The van der Waals surface area contributed by atoms with E-state index in [-0.39, 0.29) is 0 Å². The molecule has 1 heterocycles. The molecule has 0 spiro atoms. The number of rotatable bonds is 4. The van der Waals surface area contributed by atoms with Crippen LogP contribution in [0.15, 0.2) is 84.2 Å². The predicted octanol–water partition coefficient (Wildman–Crippen LogP) is 3.92. The van der Waals surface area contributed by atoms with Gasteiger partial charge in [-0.05, 0) is 42.0 Å². The molecule has 1 aromatic heterocycles. The van der Waals surface area contributed by atoms with Crippen LogP contribution in [0, 0.1) is 0 Å². The van der Waals surface area contributed by atoms with Crippen molar-refractivity contribution in [3.8, 4) is 5.69 Å². The van der Waals surface area contributed by atoms with Crippen LogP contribution >= 0.6 is 0 Å². The Morgan fingerprint density at radius 1 is 0.800 bits per heavy atom. The van der Waals surface area contributed by atoms with Gasteiger partial charge in [-0.3, -0.25) is 5.43 Å². The Labute approximate surface area is 118 Å². The second kappa shape index (κ2) is 5.89. The fraction of sp³-hybridized carbons (Fsp3) is 0. The molecular weight excluding hydrogens is 246 g/mol. The molecule has 20 heavy (non-hydrogen) atoms. The Balaban J connectivity index is 1.65. The van der Waals surface area contributed by atoms with Crippen LogP contribution in [0.3, 0.4) is 0 Å². The Kier molecular flexibility index (Phi) is 3.60. The highest BCUT2D eigenvalue weighted by Crippen LogP contribution is 2.13. The number of anilines is 1. The highest BCUT2D eigenvalue weighted by atomic mass is 15.3. The van der Waals surface area contributed by atoms with Gasteiger partial charge in [0.1, 0.15) is 0 Å². The van der Waals surface area contributed by atoms with Crippen molar-refractivity contribution in [2.75, 3.05) is 5.43 Å². The van der Waals surface area contributed by atoms with Crippen molar-refractivity contribution in [2.45, 2.75) is 0 Å². The van der Waals surface area contributed by atoms with Crippen molar-refractivity contribution in [3.05, 3.63) is 84.7 Å². The minimum absolute atomic E-state index is 0.966. The van der Waals surface area contributed by atoms with Crippen molar-refractivity contribution in [2.24, 2.45) is 5.10 Å². The van der Waals surface area contributed by atoms with Gasteiger partial charge in [-0.15, -0.1) is 0 Å². The molecule has 0 radical (unpaired) electrons. The third-order valence-electron chi connectivity index (χ3n) is 2.98. The molecular formula is C17H15N3. The van der Waals surface area contributed by atoms with E-state index in [4.69, 9.17) is 0 Å². The molecule has 2 aromatic carbocycles. The van der Waals surface area contributed by atoms with Gasteiger partial charge < -0.3 is 4.57 Å². The topological polar surface area (TPSA) is 29.3 Å². The summed E-state index contributed by atoms with van der Waals surface area (Å²) in [6.07, 6.45) is 5.85. The summed E-state index contributed by atoms with van der Waals surface area (Å²) in [7, 11) is 0. The molecule has 3 aromatic rings. The standard InChI is InChI=1S/C17H15N3/c1-2-6-15(7-3-1)14-18-19-16-8-10-17(11-9-16)20-12-4-5-13-20/h1-14,19H/b18-14+. The molecule has 0 bridgehead atoms. The van der Waals surface area contributed by atoms with E-state index in [0.29, 0.717) is 0 Å². The number of benzene rings is 2.